The van der Waals surface area contributed by atoms with Crippen LogP contribution in [0.3, 0.4) is 0 Å². The summed E-state index contributed by atoms with van der Waals surface area (Å²) in [6, 6.07) is 16.0. The fraction of sp³-hybridized carbons (Fsp3) is 0.316. The molecule has 1 aliphatic rings. The SMILES string of the molecule is O=C(Nc1ccc(Cl)cc1)[C@@H]1CCCN(S(=O)(=O)Cc2ccccc2)C1. The van der Waals surface area contributed by atoms with Gasteiger partial charge in [-0.05, 0) is 42.7 Å². The van der Waals surface area contributed by atoms with E-state index in [0.29, 0.717) is 30.1 Å². The molecule has 1 aliphatic heterocycles. The first kappa shape index (κ1) is 18.9. The van der Waals surface area contributed by atoms with Crippen LogP contribution in [0.15, 0.2) is 54.6 Å². The number of nitrogens with zero attached hydrogens (tertiary/aromatic N) is 1. The van der Waals surface area contributed by atoms with E-state index in [0.717, 1.165) is 5.56 Å². The van der Waals surface area contributed by atoms with Crippen LogP contribution in [0.4, 0.5) is 5.69 Å². The Hall–Kier alpha value is -1.89. The van der Waals surface area contributed by atoms with Gasteiger partial charge in [-0.1, -0.05) is 41.9 Å². The maximum Gasteiger partial charge on any atom is 0.228 e. The third-order valence-electron chi connectivity index (χ3n) is 4.45. The highest BCUT2D eigenvalue weighted by molar-refractivity contribution is 7.88. The average Bonchev–Trinajstić information content (AvgIpc) is 2.64. The van der Waals surface area contributed by atoms with Crippen molar-refractivity contribution in [3.8, 4) is 0 Å². The number of nitrogens with one attached hydrogen (secondary N) is 1. The van der Waals surface area contributed by atoms with Gasteiger partial charge >= 0.3 is 0 Å². The minimum absolute atomic E-state index is 0.0423. The van der Waals surface area contributed by atoms with Crippen LogP contribution < -0.4 is 5.32 Å². The van der Waals surface area contributed by atoms with Crippen molar-refractivity contribution in [2.45, 2.75) is 18.6 Å². The van der Waals surface area contributed by atoms with Crippen molar-refractivity contribution < 1.29 is 13.2 Å². The summed E-state index contributed by atoms with van der Waals surface area (Å²) in [4.78, 5) is 12.5. The third kappa shape index (κ3) is 4.84. The van der Waals surface area contributed by atoms with Crippen LogP contribution in [-0.4, -0.2) is 31.7 Å². The van der Waals surface area contributed by atoms with E-state index in [9.17, 15) is 13.2 Å². The fourth-order valence-electron chi connectivity index (χ4n) is 3.06. The lowest BCUT2D eigenvalue weighted by Gasteiger charge is -2.31. The molecular weight excluding hydrogens is 372 g/mol. The summed E-state index contributed by atoms with van der Waals surface area (Å²) in [5.74, 6) is -0.559. The number of piperidine rings is 1. The molecule has 0 saturated carbocycles. The molecule has 0 aliphatic carbocycles. The number of amides is 1. The van der Waals surface area contributed by atoms with Crippen LogP contribution in [-0.2, 0) is 20.6 Å². The van der Waals surface area contributed by atoms with E-state index >= 15 is 0 Å². The van der Waals surface area contributed by atoms with Crippen LogP contribution in [0.2, 0.25) is 5.02 Å². The minimum atomic E-state index is -3.45. The van der Waals surface area contributed by atoms with Crippen LogP contribution in [0.5, 0.6) is 0 Å². The van der Waals surface area contributed by atoms with Gasteiger partial charge in [0.2, 0.25) is 15.9 Å². The van der Waals surface area contributed by atoms with Crippen LogP contribution in [0, 0.1) is 5.92 Å². The molecule has 5 nitrogen and oxygen atoms in total. The van der Waals surface area contributed by atoms with Crippen LogP contribution >= 0.6 is 11.6 Å². The molecule has 1 atom stereocenters. The number of rotatable bonds is 5. The number of benzene rings is 2. The summed E-state index contributed by atoms with van der Waals surface area (Å²) < 4.78 is 26.8. The van der Waals surface area contributed by atoms with Crippen molar-refractivity contribution >= 4 is 33.2 Å². The molecule has 1 heterocycles. The first-order valence-electron chi connectivity index (χ1n) is 8.52. The summed E-state index contributed by atoms with van der Waals surface area (Å²) in [5.41, 5.74) is 1.41. The Morgan fingerprint density at radius 2 is 1.81 bits per heavy atom. The summed E-state index contributed by atoms with van der Waals surface area (Å²) in [5, 5.41) is 3.44. The zero-order chi connectivity index (χ0) is 18.6. The van der Waals surface area contributed by atoms with Gasteiger partial charge in [0.15, 0.2) is 0 Å². The summed E-state index contributed by atoms with van der Waals surface area (Å²) in [6.45, 7) is 0.675. The predicted octanol–water partition coefficient (Wildman–Crippen LogP) is 3.52. The number of carbonyl (C=O) groups is 1. The summed E-state index contributed by atoms with van der Waals surface area (Å²) in [7, 11) is -3.45. The van der Waals surface area contributed by atoms with E-state index in [1.807, 2.05) is 18.2 Å². The Balaban J connectivity index is 1.64. The second-order valence-electron chi connectivity index (χ2n) is 6.44. The number of carbonyl (C=O) groups excluding carboxylic acids is 1. The highest BCUT2D eigenvalue weighted by Crippen LogP contribution is 2.23. The zero-order valence-corrected chi connectivity index (χ0v) is 15.8. The van der Waals surface area contributed by atoms with Gasteiger partial charge in [-0.25, -0.2) is 12.7 Å². The quantitative estimate of drug-likeness (QED) is 0.846. The first-order chi connectivity index (χ1) is 12.4. The molecule has 26 heavy (non-hydrogen) atoms. The normalized spacial score (nSPS) is 18.4. The van der Waals surface area contributed by atoms with Crippen LogP contribution in [0.1, 0.15) is 18.4 Å². The second kappa shape index (κ2) is 8.20. The fourth-order valence-corrected chi connectivity index (χ4v) is 4.80. The molecule has 2 aromatic rings. The number of anilines is 1. The van der Waals surface area contributed by atoms with Gasteiger partial charge in [-0.15, -0.1) is 0 Å². The number of halogens is 1. The molecule has 1 saturated heterocycles. The van der Waals surface area contributed by atoms with E-state index < -0.39 is 10.0 Å². The molecule has 1 N–H and O–H groups in total. The van der Waals surface area contributed by atoms with Gasteiger partial charge < -0.3 is 5.32 Å². The lowest BCUT2D eigenvalue weighted by Crippen LogP contribution is -2.44. The Kier molecular flexibility index (Phi) is 5.96. The van der Waals surface area contributed by atoms with E-state index in [2.05, 4.69) is 5.32 Å². The van der Waals surface area contributed by atoms with Crippen molar-refractivity contribution in [3.05, 3.63) is 65.2 Å². The van der Waals surface area contributed by atoms with E-state index in [1.54, 1.807) is 36.4 Å². The first-order valence-corrected chi connectivity index (χ1v) is 10.5. The maximum absolute atomic E-state index is 12.7. The summed E-state index contributed by atoms with van der Waals surface area (Å²) in [6.07, 6.45) is 1.35. The molecule has 1 fully saturated rings. The largest absolute Gasteiger partial charge is 0.326 e. The molecule has 138 valence electrons. The van der Waals surface area contributed by atoms with E-state index in [1.165, 1.54) is 4.31 Å². The van der Waals surface area contributed by atoms with Crippen molar-refractivity contribution in [1.29, 1.82) is 0 Å². The van der Waals surface area contributed by atoms with Gasteiger partial charge in [0, 0.05) is 23.8 Å². The molecule has 0 bridgehead atoms. The maximum atomic E-state index is 12.7. The Bertz CT molecular complexity index is 854. The summed E-state index contributed by atoms with van der Waals surface area (Å²) >= 11 is 5.85. The van der Waals surface area contributed by atoms with Gasteiger partial charge in [0.25, 0.3) is 0 Å². The molecule has 0 radical (unpaired) electrons. The van der Waals surface area contributed by atoms with E-state index in [-0.39, 0.29) is 24.1 Å². The highest BCUT2D eigenvalue weighted by atomic mass is 35.5. The van der Waals surface area contributed by atoms with Crippen molar-refractivity contribution in [2.75, 3.05) is 18.4 Å². The van der Waals surface area contributed by atoms with Gasteiger partial charge in [0.05, 0.1) is 11.7 Å². The lowest BCUT2D eigenvalue weighted by atomic mass is 9.99. The zero-order valence-electron chi connectivity index (χ0n) is 14.3. The van der Waals surface area contributed by atoms with E-state index in [4.69, 9.17) is 11.6 Å². The Morgan fingerprint density at radius 1 is 1.12 bits per heavy atom. The van der Waals surface area contributed by atoms with Gasteiger partial charge in [-0.3, -0.25) is 4.79 Å². The minimum Gasteiger partial charge on any atom is -0.326 e. The third-order valence-corrected chi connectivity index (χ3v) is 6.52. The second-order valence-corrected chi connectivity index (χ2v) is 8.84. The molecule has 0 spiro atoms. The molecule has 3 rings (SSSR count). The van der Waals surface area contributed by atoms with Crippen LogP contribution in [0.25, 0.3) is 0 Å². The van der Waals surface area contributed by atoms with Crippen molar-refractivity contribution in [1.82, 2.24) is 4.31 Å². The molecule has 7 heteroatoms. The number of sulfonamides is 1. The molecular formula is C19H21ClN2O3S. The van der Waals surface area contributed by atoms with Crippen molar-refractivity contribution in [2.24, 2.45) is 5.92 Å². The lowest BCUT2D eigenvalue weighted by molar-refractivity contribution is -0.120. The Labute approximate surface area is 159 Å². The smallest absolute Gasteiger partial charge is 0.228 e. The standard InChI is InChI=1S/C19H21ClN2O3S/c20-17-8-10-18(11-9-17)21-19(23)16-7-4-12-22(13-16)26(24,25)14-15-5-2-1-3-6-15/h1-3,5-6,8-11,16H,4,7,12-14H2,(H,21,23)/t16-/m1/s1. The number of hydrogen-bond acceptors (Lipinski definition) is 3. The van der Waals surface area contributed by atoms with Gasteiger partial charge in [0.1, 0.15) is 0 Å². The topological polar surface area (TPSA) is 66.5 Å². The molecule has 2 aromatic carbocycles. The van der Waals surface area contributed by atoms with Gasteiger partial charge in [-0.2, -0.15) is 0 Å². The number of hydrogen-bond donors (Lipinski definition) is 1. The molecule has 1 amide bonds. The highest BCUT2D eigenvalue weighted by Gasteiger charge is 2.32. The molecule has 0 aromatic heterocycles. The molecule has 0 unspecified atom stereocenters. The predicted molar refractivity (Wildman–Crippen MR) is 103 cm³/mol. The Morgan fingerprint density at radius 3 is 2.50 bits per heavy atom. The monoisotopic (exact) mass is 392 g/mol. The average molecular weight is 393 g/mol. The van der Waals surface area contributed by atoms with Crippen molar-refractivity contribution in [3.63, 3.8) is 0 Å².